The molecule has 1 amide bonds. The van der Waals surface area contributed by atoms with Gasteiger partial charge in [-0.15, -0.1) is 0 Å². The van der Waals surface area contributed by atoms with Crippen molar-refractivity contribution in [3.63, 3.8) is 0 Å². The molecule has 0 bridgehead atoms. The third-order valence-corrected chi connectivity index (χ3v) is 6.09. The van der Waals surface area contributed by atoms with Crippen LogP contribution in [0.25, 0.3) is 0 Å². The van der Waals surface area contributed by atoms with E-state index in [-0.39, 0.29) is 6.04 Å². The highest BCUT2D eigenvalue weighted by Crippen LogP contribution is 2.26. The molecule has 26 heavy (non-hydrogen) atoms. The van der Waals surface area contributed by atoms with Crippen LogP contribution in [-0.4, -0.2) is 67.1 Å². The highest BCUT2D eigenvalue weighted by Gasteiger charge is 2.34. The van der Waals surface area contributed by atoms with Crippen LogP contribution in [-0.2, 0) is 4.79 Å². The Labute approximate surface area is 157 Å². The second kappa shape index (κ2) is 8.30. The van der Waals surface area contributed by atoms with Crippen molar-refractivity contribution >= 4 is 11.6 Å². The summed E-state index contributed by atoms with van der Waals surface area (Å²) in [6, 6.07) is 8.92. The van der Waals surface area contributed by atoms with Gasteiger partial charge >= 0.3 is 0 Å². The Bertz CT molecular complexity index is 603. The molecule has 0 spiro atoms. The van der Waals surface area contributed by atoms with Gasteiger partial charge in [0.25, 0.3) is 0 Å². The summed E-state index contributed by atoms with van der Waals surface area (Å²) >= 11 is 0. The van der Waals surface area contributed by atoms with Gasteiger partial charge < -0.3 is 14.5 Å². The molecule has 2 aliphatic heterocycles. The van der Waals surface area contributed by atoms with Crippen LogP contribution in [0, 0.1) is 0 Å². The number of amides is 1. The van der Waals surface area contributed by atoms with Crippen LogP contribution in [0.1, 0.15) is 40.0 Å². The van der Waals surface area contributed by atoms with Gasteiger partial charge in [0, 0.05) is 50.0 Å². The van der Waals surface area contributed by atoms with Crippen molar-refractivity contribution in [2.75, 3.05) is 38.2 Å². The van der Waals surface area contributed by atoms with Gasteiger partial charge in [-0.2, -0.15) is 0 Å². The Morgan fingerprint density at radius 3 is 2.38 bits per heavy atom. The van der Waals surface area contributed by atoms with E-state index in [9.17, 15) is 4.79 Å². The molecule has 2 saturated heterocycles. The van der Waals surface area contributed by atoms with Crippen molar-refractivity contribution < 1.29 is 9.53 Å². The van der Waals surface area contributed by atoms with Gasteiger partial charge in [0.15, 0.2) is 0 Å². The number of piperazine rings is 1. The van der Waals surface area contributed by atoms with Crippen molar-refractivity contribution in [3.8, 4) is 5.75 Å². The number of piperidine rings is 1. The monoisotopic (exact) mass is 359 g/mol. The molecule has 2 fully saturated rings. The fourth-order valence-electron chi connectivity index (χ4n) is 4.40. The first-order chi connectivity index (χ1) is 12.5. The number of anilines is 1. The highest BCUT2D eigenvalue weighted by atomic mass is 16.5. The molecule has 0 aromatic heterocycles. The largest absolute Gasteiger partial charge is 0.497 e. The maximum absolute atomic E-state index is 13.1. The molecular weight excluding hydrogens is 326 g/mol. The number of methoxy groups -OCH3 is 1. The minimum atomic E-state index is -0.0366. The zero-order valence-electron chi connectivity index (χ0n) is 16.6. The fraction of sp³-hybridized carbons (Fsp3) is 0.667. The topological polar surface area (TPSA) is 36.0 Å². The third kappa shape index (κ3) is 3.98. The summed E-state index contributed by atoms with van der Waals surface area (Å²) in [7, 11) is 1.70. The predicted octanol–water partition coefficient (Wildman–Crippen LogP) is 3.00. The zero-order chi connectivity index (χ0) is 18.7. The van der Waals surface area contributed by atoms with Crippen LogP contribution < -0.4 is 9.64 Å². The summed E-state index contributed by atoms with van der Waals surface area (Å²) in [5.41, 5.74) is 1.20. The van der Waals surface area contributed by atoms with Gasteiger partial charge in [0.05, 0.1) is 13.2 Å². The van der Waals surface area contributed by atoms with Crippen LogP contribution in [0.2, 0.25) is 0 Å². The van der Waals surface area contributed by atoms with Gasteiger partial charge in [-0.1, -0.05) is 6.07 Å². The smallest absolute Gasteiger partial charge is 0.240 e. The number of rotatable bonds is 4. The van der Waals surface area contributed by atoms with E-state index in [0.717, 1.165) is 44.8 Å². The van der Waals surface area contributed by atoms with E-state index in [1.807, 2.05) is 12.1 Å². The van der Waals surface area contributed by atoms with Gasteiger partial charge in [0.1, 0.15) is 5.75 Å². The van der Waals surface area contributed by atoms with Crippen LogP contribution in [0.5, 0.6) is 5.75 Å². The standard InChI is InChI=1S/C21H33N3O2/c1-16-7-5-8-17(2)24(16)21(25)18(3)22-11-13-23(14-12-22)19-9-6-10-20(15-19)26-4/h6,9-10,15-18H,5,7-8,11-14H2,1-4H3/t16-,17+,18-/m1/s1. The maximum atomic E-state index is 13.1. The van der Waals surface area contributed by atoms with E-state index in [1.54, 1.807) is 7.11 Å². The second-order valence-corrected chi connectivity index (χ2v) is 7.77. The quantitative estimate of drug-likeness (QED) is 0.828. The average Bonchev–Trinajstić information content (AvgIpc) is 2.67. The van der Waals surface area contributed by atoms with Crippen molar-refractivity contribution in [1.82, 2.24) is 9.80 Å². The molecule has 5 nitrogen and oxygen atoms in total. The number of likely N-dealkylation sites (tertiary alicyclic amines) is 1. The van der Waals surface area contributed by atoms with Crippen molar-refractivity contribution in [1.29, 1.82) is 0 Å². The molecular formula is C21H33N3O2. The third-order valence-electron chi connectivity index (χ3n) is 6.09. The molecule has 144 valence electrons. The summed E-state index contributed by atoms with van der Waals surface area (Å²) < 4.78 is 5.34. The number of hydrogen-bond acceptors (Lipinski definition) is 4. The Kier molecular flexibility index (Phi) is 6.07. The zero-order valence-corrected chi connectivity index (χ0v) is 16.6. The lowest BCUT2D eigenvalue weighted by Gasteiger charge is -2.44. The van der Waals surface area contributed by atoms with E-state index < -0.39 is 0 Å². The summed E-state index contributed by atoms with van der Waals surface area (Å²) in [4.78, 5) is 20.0. The van der Waals surface area contributed by atoms with E-state index in [4.69, 9.17) is 4.74 Å². The normalized spacial score (nSPS) is 25.8. The molecule has 1 aromatic rings. The Morgan fingerprint density at radius 1 is 1.12 bits per heavy atom. The molecule has 2 aliphatic rings. The maximum Gasteiger partial charge on any atom is 0.240 e. The Morgan fingerprint density at radius 2 is 1.77 bits per heavy atom. The van der Waals surface area contributed by atoms with E-state index >= 15 is 0 Å². The molecule has 3 atom stereocenters. The Balaban J connectivity index is 1.59. The average molecular weight is 360 g/mol. The number of benzene rings is 1. The molecule has 0 N–H and O–H groups in total. The second-order valence-electron chi connectivity index (χ2n) is 7.77. The number of ether oxygens (including phenoxy) is 1. The molecule has 2 heterocycles. The highest BCUT2D eigenvalue weighted by molar-refractivity contribution is 5.82. The number of carbonyl (C=O) groups excluding carboxylic acids is 1. The molecule has 0 unspecified atom stereocenters. The molecule has 0 aliphatic carbocycles. The Hall–Kier alpha value is -1.75. The van der Waals surface area contributed by atoms with Crippen molar-refractivity contribution in [2.24, 2.45) is 0 Å². The van der Waals surface area contributed by atoms with Crippen LogP contribution in [0.15, 0.2) is 24.3 Å². The molecule has 0 saturated carbocycles. The van der Waals surface area contributed by atoms with Crippen LogP contribution in [0.4, 0.5) is 5.69 Å². The van der Waals surface area contributed by atoms with Crippen LogP contribution >= 0.6 is 0 Å². The minimum absolute atomic E-state index is 0.0366. The predicted molar refractivity (Wildman–Crippen MR) is 106 cm³/mol. The SMILES string of the molecule is COc1cccc(N2CCN([C@H](C)C(=O)N3[C@H](C)CCC[C@@H]3C)CC2)c1. The number of hydrogen-bond donors (Lipinski definition) is 0. The van der Waals surface area contributed by atoms with Gasteiger partial charge in [-0.05, 0) is 52.2 Å². The first-order valence-electron chi connectivity index (χ1n) is 9.96. The van der Waals surface area contributed by atoms with E-state index in [0.29, 0.717) is 18.0 Å². The summed E-state index contributed by atoms with van der Waals surface area (Å²) in [6.07, 6.45) is 3.50. The fourth-order valence-corrected chi connectivity index (χ4v) is 4.40. The van der Waals surface area contributed by atoms with E-state index in [1.165, 1.54) is 12.1 Å². The number of nitrogens with zero attached hydrogens (tertiary/aromatic N) is 3. The van der Waals surface area contributed by atoms with E-state index in [2.05, 4.69) is 47.6 Å². The van der Waals surface area contributed by atoms with Gasteiger partial charge in [-0.3, -0.25) is 9.69 Å². The van der Waals surface area contributed by atoms with Crippen LogP contribution in [0.3, 0.4) is 0 Å². The van der Waals surface area contributed by atoms with Gasteiger partial charge in [-0.25, -0.2) is 0 Å². The lowest BCUT2D eigenvalue weighted by Crippen LogP contribution is -2.58. The first-order valence-corrected chi connectivity index (χ1v) is 9.96. The first kappa shape index (κ1) is 19.0. The lowest BCUT2D eigenvalue weighted by molar-refractivity contribution is -0.142. The summed E-state index contributed by atoms with van der Waals surface area (Å²) in [6.45, 7) is 10.2. The van der Waals surface area contributed by atoms with Crippen molar-refractivity contribution in [3.05, 3.63) is 24.3 Å². The van der Waals surface area contributed by atoms with Crippen molar-refractivity contribution in [2.45, 2.75) is 58.2 Å². The minimum Gasteiger partial charge on any atom is -0.497 e. The molecule has 0 radical (unpaired) electrons. The molecule has 3 rings (SSSR count). The lowest BCUT2D eigenvalue weighted by atomic mass is 9.96. The molecule has 5 heteroatoms. The summed E-state index contributed by atoms with van der Waals surface area (Å²) in [5, 5.41) is 0. The summed E-state index contributed by atoms with van der Waals surface area (Å²) in [5.74, 6) is 1.20. The number of carbonyl (C=O) groups is 1. The van der Waals surface area contributed by atoms with Gasteiger partial charge in [0.2, 0.25) is 5.91 Å². The molecule has 1 aromatic carbocycles.